The van der Waals surface area contributed by atoms with Crippen molar-refractivity contribution in [1.82, 2.24) is 5.32 Å². The zero-order valence-electron chi connectivity index (χ0n) is 10.4. The molecule has 0 saturated heterocycles. The second kappa shape index (κ2) is 5.89. The molecule has 1 N–H and O–H groups in total. The Morgan fingerprint density at radius 1 is 1.11 bits per heavy atom. The van der Waals surface area contributed by atoms with E-state index in [4.69, 9.17) is 0 Å². The monoisotopic (exact) mass is 275 g/mol. The molecule has 0 radical (unpaired) electrons. The number of thiol groups is 1. The quantitative estimate of drug-likeness (QED) is 0.823. The van der Waals surface area contributed by atoms with Crippen LogP contribution in [0.5, 0.6) is 0 Å². The van der Waals surface area contributed by atoms with Gasteiger partial charge in [0.1, 0.15) is 5.82 Å². The van der Waals surface area contributed by atoms with Crippen molar-refractivity contribution in [3.8, 4) is 0 Å². The Morgan fingerprint density at radius 3 is 2.26 bits per heavy atom. The first kappa shape index (κ1) is 13.6. The number of rotatable bonds is 3. The van der Waals surface area contributed by atoms with Gasteiger partial charge in [-0.3, -0.25) is 4.79 Å². The van der Waals surface area contributed by atoms with Gasteiger partial charge in [0.05, 0.1) is 6.04 Å². The van der Waals surface area contributed by atoms with E-state index in [-0.39, 0.29) is 17.8 Å². The molecular weight excluding hydrogens is 261 g/mol. The smallest absolute Gasteiger partial charge is 0.251 e. The maximum Gasteiger partial charge on any atom is 0.251 e. The lowest BCUT2D eigenvalue weighted by Gasteiger charge is -2.14. The first-order chi connectivity index (χ1) is 9.06. The molecule has 2 aromatic rings. The summed E-state index contributed by atoms with van der Waals surface area (Å²) in [6.45, 7) is 1.86. The number of benzene rings is 2. The van der Waals surface area contributed by atoms with E-state index in [0.717, 1.165) is 10.5 Å². The van der Waals surface area contributed by atoms with E-state index in [2.05, 4.69) is 17.9 Å². The van der Waals surface area contributed by atoms with E-state index in [9.17, 15) is 9.18 Å². The fraction of sp³-hybridized carbons (Fsp3) is 0.133. The van der Waals surface area contributed by atoms with Crippen molar-refractivity contribution < 1.29 is 9.18 Å². The van der Waals surface area contributed by atoms with Gasteiger partial charge in [0, 0.05) is 10.5 Å². The van der Waals surface area contributed by atoms with E-state index in [0.29, 0.717) is 5.56 Å². The number of carbonyl (C=O) groups is 1. The maximum atomic E-state index is 12.8. The molecule has 4 heteroatoms. The van der Waals surface area contributed by atoms with Crippen molar-refractivity contribution in [3.63, 3.8) is 0 Å². The average molecular weight is 275 g/mol. The fourth-order valence-electron chi connectivity index (χ4n) is 1.73. The summed E-state index contributed by atoms with van der Waals surface area (Å²) >= 11 is 4.17. The highest BCUT2D eigenvalue weighted by atomic mass is 32.1. The van der Waals surface area contributed by atoms with E-state index in [1.807, 2.05) is 6.92 Å². The predicted octanol–water partition coefficient (Wildman–Crippen LogP) is 3.61. The molecule has 98 valence electrons. The first-order valence-electron chi connectivity index (χ1n) is 5.91. The Bertz CT molecular complexity index is 566. The fourth-order valence-corrected chi connectivity index (χ4v) is 1.88. The van der Waals surface area contributed by atoms with Gasteiger partial charge in [-0.15, -0.1) is 12.6 Å². The summed E-state index contributed by atoms with van der Waals surface area (Å²) in [5.74, 6) is -0.447. The number of nitrogens with one attached hydrogen (secondary N) is 1. The van der Waals surface area contributed by atoms with Crippen LogP contribution in [0, 0.1) is 5.82 Å². The van der Waals surface area contributed by atoms with Gasteiger partial charge < -0.3 is 5.32 Å². The Hall–Kier alpha value is -1.81. The van der Waals surface area contributed by atoms with E-state index < -0.39 is 0 Å². The molecule has 19 heavy (non-hydrogen) atoms. The third-order valence-corrected chi connectivity index (χ3v) is 3.15. The lowest BCUT2D eigenvalue weighted by atomic mass is 10.1. The molecule has 0 aliphatic heterocycles. The van der Waals surface area contributed by atoms with E-state index >= 15 is 0 Å². The summed E-state index contributed by atoms with van der Waals surface area (Å²) in [6, 6.07) is 12.9. The zero-order valence-corrected chi connectivity index (χ0v) is 11.3. The summed E-state index contributed by atoms with van der Waals surface area (Å²) < 4.78 is 12.8. The van der Waals surface area contributed by atoms with Crippen LogP contribution in [0.25, 0.3) is 0 Å². The number of hydrogen-bond donors (Lipinski definition) is 2. The van der Waals surface area contributed by atoms with Gasteiger partial charge in [0.15, 0.2) is 0 Å². The maximum absolute atomic E-state index is 12.8. The van der Waals surface area contributed by atoms with Crippen LogP contribution < -0.4 is 5.32 Å². The number of carbonyl (C=O) groups excluding carboxylic acids is 1. The second-order valence-electron chi connectivity index (χ2n) is 4.29. The minimum atomic E-state index is -0.286. The van der Waals surface area contributed by atoms with Crippen LogP contribution in [-0.4, -0.2) is 5.91 Å². The molecule has 1 unspecified atom stereocenters. The molecule has 0 aliphatic carbocycles. The summed E-state index contributed by atoms with van der Waals surface area (Å²) in [5, 5.41) is 2.87. The molecule has 0 heterocycles. The molecule has 2 nitrogen and oxygen atoms in total. The number of amides is 1. The molecule has 1 atom stereocenters. The Labute approximate surface area is 117 Å². The lowest BCUT2D eigenvalue weighted by Crippen LogP contribution is -2.26. The van der Waals surface area contributed by atoms with Gasteiger partial charge in [-0.1, -0.05) is 12.1 Å². The minimum Gasteiger partial charge on any atom is -0.346 e. The predicted molar refractivity (Wildman–Crippen MR) is 76.0 cm³/mol. The van der Waals surface area contributed by atoms with Crippen molar-refractivity contribution >= 4 is 18.5 Å². The van der Waals surface area contributed by atoms with Crippen LogP contribution in [0.3, 0.4) is 0 Å². The normalized spacial score (nSPS) is 11.9. The Morgan fingerprint density at radius 2 is 1.68 bits per heavy atom. The number of halogens is 1. The molecule has 0 fully saturated rings. The first-order valence-corrected chi connectivity index (χ1v) is 6.36. The molecule has 1 amide bonds. The largest absolute Gasteiger partial charge is 0.346 e. The molecule has 2 rings (SSSR count). The summed E-state index contributed by atoms with van der Waals surface area (Å²) in [4.78, 5) is 12.8. The topological polar surface area (TPSA) is 29.1 Å². The van der Waals surface area contributed by atoms with Crippen molar-refractivity contribution in [3.05, 3.63) is 65.5 Å². The highest BCUT2D eigenvalue weighted by molar-refractivity contribution is 7.80. The van der Waals surface area contributed by atoms with Crippen molar-refractivity contribution in [1.29, 1.82) is 0 Å². The second-order valence-corrected chi connectivity index (χ2v) is 4.81. The summed E-state index contributed by atoms with van der Waals surface area (Å²) in [7, 11) is 0. The SMILES string of the molecule is CC(NC(=O)c1ccc(S)cc1)c1ccc(F)cc1. The summed E-state index contributed by atoms with van der Waals surface area (Å²) in [5.41, 5.74) is 1.44. The van der Waals surface area contributed by atoms with Crippen LogP contribution in [0.2, 0.25) is 0 Å². The van der Waals surface area contributed by atoms with Crippen LogP contribution in [0.15, 0.2) is 53.4 Å². The van der Waals surface area contributed by atoms with Crippen LogP contribution in [-0.2, 0) is 0 Å². The van der Waals surface area contributed by atoms with Gasteiger partial charge in [-0.2, -0.15) is 0 Å². The average Bonchev–Trinajstić information content (AvgIpc) is 2.40. The Balaban J connectivity index is 2.06. The molecule has 0 bridgehead atoms. The molecule has 0 spiro atoms. The van der Waals surface area contributed by atoms with Gasteiger partial charge in [-0.25, -0.2) is 4.39 Å². The van der Waals surface area contributed by atoms with Crippen molar-refractivity contribution in [2.75, 3.05) is 0 Å². The molecule has 0 aliphatic rings. The van der Waals surface area contributed by atoms with Crippen LogP contribution >= 0.6 is 12.6 Å². The summed E-state index contributed by atoms with van der Waals surface area (Å²) in [6.07, 6.45) is 0. The van der Waals surface area contributed by atoms with E-state index in [1.54, 1.807) is 36.4 Å². The highest BCUT2D eigenvalue weighted by Crippen LogP contribution is 2.14. The van der Waals surface area contributed by atoms with Gasteiger partial charge in [0.25, 0.3) is 5.91 Å². The lowest BCUT2D eigenvalue weighted by molar-refractivity contribution is 0.0940. The van der Waals surface area contributed by atoms with Crippen molar-refractivity contribution in [2.45, 2.75) is 17.9 Å². The standard InChI is InChI=1S/C15H14FNOS/c1-10(11-2-6-13(16)7-3-11)17-15(18)12-4-8-14(19)9-5-12/h2-10,19H,1H3,(H,17,18). The van der Waals surface area contributed by atoms with Crippen molar-refractivity contribution in [2.24, 2.45) is 0 Å². The Kier molecular flexibility index (Phi) is 4.22. The third-order valence-electron chi connectivity index (χ3n) is 2.85. The third kappa shape index (κ3) is 3.58. The van der Waals surface area contributed by atoms with E-state index in [1.165, 1.54) is 12.1 Å². The van der Waals surface area contributed by atoms with Gasteiger partial charge in [-0.05, 0) is 48.9 Å². The molecular formula is C15H14FNOS. The van der Waals surface area contributed by atoms with Gasteiger partial charge in [0.2, 0.25) is 0 Å². The molecule has 0 saturated carbocycles. The van der Waals surface area contributed by atoms with Gasteiger partial charge >= 0.3 is 0 Å². The van der Waals surface area contributed by atoms with Crippen LogP contribution in [0.4, 0.5) is 4.39 Å². The molecule has 2 aromatic carbocycles. The zero-order chi connectivity index (χ0) is 13.8. The van der Waals surface area contributed by atoms with Crippen LogP contribution in [0.1, 0.15) is 28.9 Å². The number of hydrogen-bond acceptors (Lipinski definition) is 2. The molecule has 0 aromatic heterocycles. The minimum absolute atomic E-state index is 0.162. The highest BCUT2D eigenvalue weighted by Gasteiger charge is 2.11.